The van der Waals surface area contributed by atoms with E-state index in [1.54, 1.807) is 0 Å². The van der Waals surface area contributed by atoms with Gasteiger partial charge in [-0.25, -0.2) is 9.67 Å². The van der Waals surface area contributed by atoms with Gasteiger partial charge in [-0.15, -0.1) is 0 Å². The zero-order chi connectivity index (χ0) is 32.5. The van der Waals surface area contributed by atoms with Crippen LogP contribution >= 0.6 is 0 Å². The quantitative estimate of drug-likeness (QED) is 0.152. The molecule has 0 fully saturated rings. The maximum atomic E-state index is 6.49. The molecule has 0 spiro atoms. The van der Waals surface area contributed by atoms with Gasteiger partial charge in [0.05, 0.1) is 41.7 Å². The van der Waals surface area contributed by atoms with Gasteiger partial charge in [0.15, 0.2) is 0 Å². The van der Waals surface area contributed by atoms with Crippen LogP contribution in [0.4, 0.5) is 0 Å². The van der Waals surface area contributed by atoms with Crippen molar-refractivity contribution in [2.24, 2.45) is 0 Å². The molecule has 7 nitrogen and oxygen atoms in total. The van der Waals surface area contributed by atoms with E-state index in [1.807, 2.05) is 86.5 Å². The predicted molar refractivity (Wildman–Crippen MR) is 189 cm³/mol. The molecule has 3 aromatic heterocycles. The van der Waals surface area contributed by atoms with Gasteiger partial charge in [-0.3, -0.25) is 4.57 Å². The number of pyridine rings is 1. The van der Waals surface area contributed by atoms with Crippen LogP contribution in [0.1, 0.15) is 44.7 Å². The third kappa shape index (κ3) is 5.81. The van der Waals surface area contributed by atoms with Crippen LogP contribution in [-0.4, -0.2) is 32.5 Å². The second-order valence-corrected chi connectivity index (χ2v) is 11.9. The van der Waals surface area contributed by atoms with Crippen LogP contribution in [0, 0.1) is 6.92 Å². The molecule has 3 heterocycles. The summed E-state index contributed by atoms with van der Waals surface area (Å²) in [4.78, 5) is 4.78. The Morgan fingerprint density at radius 3 is 2.26 bits per heavy atom. The topological polar surface area (TPSA) is 63.3 Å². The molecule has 0 atom stereocenters. The molecule has 0 N–H and O–H groups in total. The molecule has 0 saturated carbocycles. The van der Waals surface area contributed by atoms with Crippen LogP contribution in [0.25, 0.3) is 44.4 Å². The van der Waals surface area contributed by atoms with Crippen molar-refractivity contribution in [3.05, 3.63) is 121 Å². The molecule has 0 aliphatic heterocycles. The third-order valence-electron chi connectivity index (χ3n) is 8.31. The zero-order valence-electron chi connectivity index (χ0n) is 27.4. The Balaban J connectivity index is 1.24. The normalized spacial score (nSPS) is 11.4. The minimum atomic E-state index is 0.400. The third-order valence-corrected chi connectivity index (χ3v) is 8.31. The molecule has 7 aromatic rings. The number of nitrogens with zero attached hydrogens (tertiary/aromatic N) is 4. The largest absolute Gasteiger partial charge is 0.493 e. The molecule has 0 aliphatic carbocycles. The lowest BCUT2D eigenvalue weighted by atomic mass is 10.0. The highest BCUT2D eigenvalue weighted by molar-refractivity contribution is 6.09. The number of aromatic nitrogens is 4. The van der Waals surface area contributed by atoms with Crippen LogP contribution < -0.4 is 14.2 Å². The first kappa shape index (κ1) is 30.1. The number of hydrogen-bond acceptors (Lipinski definition) is 5. The number of benzene rings is 4. The second-order valence-electron chi connectivity index (χ2n) is 11.9. The highest BCUT2D eigenvalue weighted by atomic mass is 16.5. The molecule has 4 aromatic carbocycles. The Kier molecular flexibility index (Phi) is 8.12. The fraction of sp³-hybridized carbons (Fsp3) is 0.200. The lowest BCUT2D eigenvalue weighted by molar-refractivity contribution is 0.325. The Morgan fingerprint density at radius 1 is 0.745 bits per heavy atom. The van der Waals surface area contributed by atoms with Crippen molar-refractivity contribution in [3.63, 3.8) is 0 Å². The van der Waals surface area contributed by atoms with Crippen LogP contribution in [0.2, 0.25) is 0 Å². The summed E-state index contributed by atoms with van der Waals surface area (Å²) < 4.78 is 22.6. The van der Waals surface area contributed by atoms with E-state index in [4.69, 9.17) is 24.3 Å². The van der Waals surface area contributed by atoms with Crippen molar-refractivity contribution < 1.29 is 14.2 Å². The molecular weight excluding hydrogens is 584 g/mol. The first-order valence-electron chi connectivity index (χ1n) is 16.2. The minimum absolute atomic E-state index is 0.400. The fourth-order valence-corrected chi connectivity index (χ4v) is 6.14. The van der Waals surface area contributed by atoms with Crippen LogP contribution in [0.5, 0.6) is 23.0 Å². The van der Waals surface area contributed by atoms with Gasteiger partial charge in [-0.2, -0.15) is 5.10 Å². The highest BCUT2D eigenvalue weighted by Crippen LogP contribution is 2.40. The molecular formula is C40H38N4O3. The van der Waals surface area contributed by atoms with Gasteiger partial charge < -0.3 is 14.2 Å². The van der Waals surface area contributed by atoms with E-state index in [2.05, 4.69) is 66.9 Å². The summed E-state index contributed by atoms with van der Waals surface area (Å²) in [5.74, 6) is 4.31. The molecule has 0 saturated heterocycles. The number of rotatable bonds is 10. The minimum Gasteiger partial charge on any atom is -0.493 e. The van der Waals surface area contributed by atoms with Crippen molar-refractivity contribution in [2.45, 2.75) is 40.5 Å². The van der Waals surface area contributed by atoms with Crippen molar-refractivity contribution in [2.75, 3.05) is 13.2 Å². The maximum absolute atomic E-state index is 6.49. The molecule has 0 aliphatic rings. The lowest BCUT2D eigenvalue weighted by Crippen LogP contribution is -2.00. The highest BCUT2D eigenvalue weighted by Gasteiger charge is 2.18. The van der Waals surface area contributed by atoms with Gasteiger partial charge >= 0.3 is 0 Å². The van der Waals surface area contributed by atoms with E-state index in [0.717, 1.165) is 61.9 Å². The van der Waals surface area contributed by atoms with Crippen molar-refractivity contribution in [1.82, 2.24) is 19.3 Å². The second kappa shape index (κ2) is 12.7. The Labute approximate surface area is 275 Å². The Bertz CT molecular complexity index is 2180. The van der Waals surface area contributed by atoms with Crippen molar-refractivity contribution >= 4 is 21.8 Å². The average molecular weight is 623 g/mol. The standard InChI is InChI=1S/C40H38N4O3/c1-6-45-37-19-27(5)20-38(46-7-2)40(37)29-24-42-43(25-29)30-11-10-12-31(22-30)47-32-15-16-34-33-13-8-9-14-35(33)44(36(34)23-32)39-21-28(26(3)4)17-18-41-39/h8-26H,6-7H2,1-5H3. The lowest BCUT2D eigenvalue weighted by Gasteiger charge is -2.15. The van der Waals surface area contributed by atoms with E-state index in [1.165, 1.54) is 10.9 Å². The van der Waals surface area contributed by atoms with Gasteiger partial charge in [0, 0.05) is 40.9 Å². The van der Waals surface area contributed by atoms with E-state index >= 15 is 0 Å². The molecule has 7 heteroatoms. The number of ether oxygens (including phenoxy) is 3. The number of aryl methyl sites for hydroxylation is 1. The smallest absolute Gasteiger partial charge is 0.137 e. The van der Waals surface area contributed by atoms with E-state index in [0.29, 0.717) is 24.9 Å². The van der Waals surface area contributed by atoms with Crippen molar-refractivity contribution in [1.29, 1.82) is 0 Å². The van der Waals surface area contributed by atoms with E-state index in [-0.39, 0.29) is 0 Å². The Morgan fingerprint density at radius 2 is 1.49 bits per heavy atom. The number of fused-ring (bicyclic) bond motifs is 3. The summed E-state index contributed by atoms with van der Waals surface area (Å²) in [6.45, 7) is 11.5. The van der Waals surface area contributed by atoms with Crippen LogP contribution in [0.3, 0.4) is 0 Å². The Hall–Kier alpha value is -5.56. The summed E-state index contributed by atoms with van der Waals surface area (Å²) in [6.07, 6.45) is 5.74. The molecule has 0 unspecified atom stereocenters. The van der Waals surface area contributed by atoms with Crippen LogP contribution in [0.15, 0.2) is 110 Å². The fourth-order valence-electron chi connectivity index (χ4n) is 6.14. The van der Waals surface area contributed by atoms with Crippen LogP contribution in [-0.2, 0) is 0 Å². The van der Waals surface area contributed by atoms with Gasteiger partial charge in [0.2, 0.25) is 0 Å². The zero-order valence-corrected chi connectivity index (χ0v) is 27.4. The van der Waals surface area contributed by atoms with Gasteiger partial charge in [0.25, 0.3) is 0 Å². The molecule has 7 rings (SSSR count). The van der Waals surface area contributed by atoms with Crippen molar-refractivity contribution in [3.8, 4) is 45.6 Å². The molecule has 0 radical (unpaired) electrons. The monoisotopic (exact) mass is 622 g/mol. The summed E-state index contributed by atoms with van der Waals surface area (Å²) >= 11 is 0. The summed E-state index contributed by atoms with van der Waals surface area (Å²) in [7, 11) is 0. The molecule has 0 amide bonds. The molecule has 47 heavy (non-hydrogen) atoms. The van der Waals surface area contributed by atoms with Gasteiger partial charge in [-0.1, -0.05) is 38.1 Å². The first-order valence-corrected chi connectivity index (χ1v) is 16.2. The average Bonchev–Trinajstić information content (AvgIpc) is 3.68. The summed E-state index contributed by atoms with van der Waals surface area (Å²) in [5.41, 5.74) is 7.17. The summed E-state index contributed by atoms with van der Waals surface area (Å²) in [6, 6.07) is 31.0. The van der Waals surface area contributed by atoms with E-state index in [9.17, 15) is 0 Å². The SMILES string of the molecule is CCOc1cc(C)cc(OCC)c1-c1cnn(-c2cccc(Oc3ccc4c5ccccc5n(-c5cc(C(C)C)ccn5)c4c3)c2)c1. The predicted octanol–water partition coefficient (Wildman–Crippen LogP) is 10.1. The van der Waals surface area contributed by atoms with Gasteiger partial charge in [-0.05, 0) is 92.4 Å². The molecule has 236 valence electrons. The number of hydrogen-bond donors (Lipinski definition) is 0. The molecule has 0 bridgehead atoms. The maximum Gasteiger partial charge on any atom is 0.137 e. The first-order chi connectivity index (χ1) is 22.9. The van der Waals surface area contributed by atoms with E-state index < -0.39 is 0 Å². The summed E-state index contributed by atoms with van der Waals surface area (Å²) in [5, 5.41) is 7.03. The number of para-hydroxylation sites is 1. The van der Waals surface area contributed by atoms with Gasteiger partial charge in [0.1, 0.15) is 28.8 Å².